The number of methoxy groups -OCH3 is 1. The molecule has 1 aliphatic carbocycles. The number of ether oxygens (including phenoxy) is 1. The van der Waals surface area contributed by atoms with Gasteiger partial charge in [0.05, 0.1) is 12.4 Å². The first kappa shape index (κ1) is 12.6. The Bertz CT molecular complexity index is 445. The van der Waals surface area contributed by atoms with Crippen LogP contribution in [0.2, 0.25) is 0 Å². The van der Waals surface area contributed by atoms with Crippen LogP contribution in [0.1, 0.15) is 31.0 Å². The van der Waals surface area contributed by atoms with E-state index in [1.54, 1.807) is 7.11 Å². The predicted octanol–water partition coefficient (Wildman–Crippen LogP) is 1.78. The Kier molecular flexibility index (Phi) is 3.54. The van der Waals surface area contributed by atoms with Gasteiger partial charge in [-0.3, -0.25) is 4.21 Å². The molecular weight excluding hydrogens is 234 g/mol. The number of rotatable bonds is 3. The third kappa shape index (κ3) is 2.24. The van der Waals surface area contributed by atoms with E-state index in [4.69, 9.17) is 10.5 Å². The van der Waals surface area contributed by atoms with Crippen molar-refractivity contribution >= 4 is 10.8 Å². The average molecular weight is 253 g/mol. The Morgan fingerprint density at radius 1 is 1.47 bits per heavy atom. The van der Waals surface area contributed by atoms with Crippen LogP contribution >= 0.6 is 0 Å². The monoisotopic (exact) mass is 253 g/mol. The van der Waals surface area contributed by atoms with Crippen molar-refractivity contribution in [2.24, 2.45) is 5.73 Å². The third-order valence-corrected chi connectivity index (χ3v) is 5.28. The zero-order valence-corrected chi connectivity index (χ0v) is 11.3. The van der Waals surface area contributed by atoms with Crippen molar-refractivity contribution in [1.82, 2.24) is 0 Å². The van der Waals surface area contributed by atoms with Crippen LogP contribution in [-0.4, -0.2) is 21.8 Å². The minimum Gasteiger partial charge on any atom is -0.497 e. The van der Waals surface area contributed by atoms with Gasteiger partial charge in [0.25, 0.3) is 0 Å². The lowest BCUT2D eigenvalue weighted by Gasteiger charge is -2.18. The molecule has 0 saturated carbocycles. The highest BCUT2D eigenvalue weighted by Gasteiger charge is 2.35. The molecule has 0 aliphatic heterocycles. The molecule has 0 aromatic heterocycles. The van der Waals surface area contributed by atoms with Gasteiger partial charge in [-0.05, 0) is 29.7 Å². The molecule has 3 atom stereocenters. The lowest BCUT2D eigenvalue weighted by molar-refractivity contribution is 0.414. The summed E-state index contributed by atoms with van der Waals surface area (Å²) in [6, 6.07) is 5.80. The van der Waals surface area contributed by atoms with Gasteiger partial charge in [-0.2, -0.15) is 0 Å². The van der Waals surface area contributed by atoms with Gasteiger partial charge in [0.15, 0.2) is 0 Å². The maximum absolute atomic E-state index is 12.2. The van der Waals surface area contributed by atoms with Crippen LogP contribution < -0.4 is 10.5 Å². The third-order valence-electron chi connectivity index (χ3n) is 3.30. The molecule has 3 unspecified atom stereocenters. The van der Waals surface area contributed by atoms with Crippen LogP contribution in [0.15, 0.2) is 18.2 Å². The summed E-state index contributed by atoms with van der Waals surface area (Å²) >= 11 is 0. The highest BCUT2D eigenvalue weighted by molar-refractivity contribution is 7.86. The lowest BCUT2D eigenvalue weighted by atomic mass is 10.1. The first-order valence-corrected chi connectivity index (χ1v) is 7.14. The molecule has 0 amide bonds. The summed E-state index contributed by atoms with van der Waals surface area (Å²) < 4.78 is 17.4. The Balaban J connectivity index is 2.29. The van der Waals surface area contributed by atoms with Crippen LogP contribution in [0.5, 0.6) is 5.75 Å². The number of hydrogen-bond donors (Lipinski definition) is 1. The normalized spacial score (nSPS) is 24.8. The number of fused-ring (bicyclic) bond motifs is 1. The highest BCUT2D eigenvalue weighted by Crippen LogP contribution is 2.35. The van der Waals surface area contributed by atoms with Gasteiger partial charge in [-0.15, -0.1) is 0 Å². The van der Waals surface area contributed by atoms with Crippen LogP contribution in [0.4, 0.5) is 0 Å². The Morgan fingerprint density at radius 2 is 2.18 bits per heavy atom. The van der Waals surface area contributed by atoms with Crippen molar-refractivity contribution in [3.05, 3.63) is 29.3 Å². The zero-order valence-electron chi connectivity index (χ0n) is 10.5. The summed E-state index contributed by atoms with van der Waals surface area (Å²) in [7, 11) is 0.767. The van der Waals surface area contributed by atoms with E-state index in [9.17, 15) is 4.21 Å². The standard InChI is InChI=1S/C13H19NO2S/c1-8(2)17(15)12-6-9-4-5-10(16-3)7-11(9)13(12)14/h4-5,7-8,12-13H,6,14H2,1-3H3. The molecule has 17 heavy (non-hydrogen) atoms. The number of nitrogens with two attached hydrogens (primary N) is 1. The summed E-state index contributed by atoms with van der Waals surface area (Å²) in [5.74, 6) is 0.815. The quantitative estimate of drug-likeness (QED) is 0.893. The second kappa shape index (κ2) is 4.78. The van der Waals surface area contributed by atoms with E-state index < -0.39 is 10.8 Å². The zero-order chi connectivity index (χ0) is 12.6. The van der Waals surface area contributed by atoms with Gasteiger partial charge in [0.2, 0.25) is 0 Å². The first-order valence-electron chi connectivity index (χ1n) is 5.86. The molecule has 0 fully saturated rings. The molecule has 0 saturated heterocycles. The fourth-order valence-corrected chi connectivity index (χ4v) is 3.79. The fraction of sp³-hybridized carbons (Fsp3) is 0.538. The van der Waals surface area contributed by atoms with Gasteiger partial charge in [0.1, 0.15) is 5.75 Å². The Hall–Kier alpha value is -0.870. The van der Waals surface area contributed by atoms with Gasteiger partial charge in [0, 0.05) is 22.1 Å². The molecule has 94 valence electrons. The van der Waals surface area contributed by atoms with Crippen LogP contribution in [0.3, 0.4) is 0 Å². The van der Waals surface area contributed by atoms with Gasteiger partial charge >= 0.3 is 0 Å². The maximum Gasteiger partial charge on any atom is 0.119 e. The molecule has 4 heteroatoms. The molecule has 0 bridgehead atoms. The largest absolute Gasteiger partial charge is 0.497 e. The van der Waals surface area contributed by atoms with Crippen LogP contribution in [-0.2, 0) is 17.2 Å². The second-order valence-corrected chi connectivity index (χ2v) is 6.92. The minimum atomic E-state index is -0.878. The lowest BCUT2D eigenvalue weighted by Crippen LogP contribution is -2.30. The minimum absolute atomic E-state index is 0.0390. The summed E-state index contributed by atoms with van der Waals surface area (Å²) in [6.45, 7) is 3.96. The number of benzene rings is 1. The van der Waals surface area contributed by atoms with E-state index in [1.165, 1.54) is 5.56 Å². The maximum atomic E-state index is 12.2. The first-order chi connectivity index (χ1) is 8.04. The van der Waals surface area contributed by atoms with Crippen molar-refractivity contribution in [1.29, 1.82) is 0 Å². The predicted molar refractivity (Wildman–Crippen MR) is 70.7 cm³/mol. The van der Waals surface area contributed by atoms with Crippen molar-refractivity contribution in [2.45, 2.75) is 36.8 Å². The molecule has 2 rings (SSSR count). The summed E-state index contributed by atoms with van der Waals surface area (Å²) in [4.78, 5) is 0. The van der Waals surface area contributed by atoms with E-state index in [0.717, 1.165) is 17.7 Å². The van der Waals surface area contributed by atoms with Gasteiger partial charge in [-0.25, -0.2) is 0 Å². The molecule has 0 spiro atoms. The van der Waals surface area contributed by atoms with Crippen molar-refractivity contribution in [3.63, 3.8) is 0 Å². The highest BCUT2D eigenvalue weighted by atomic mass is 32.2. The smallest absolute Gasteiger partial charge is 0.119 e. The molecule has 2 N–H and O–H groups in total. The van der Waals surface area contributed by atoms with Gasteiger partial charge in [-0.1, -0.05) is 19.9 Å². The van der Waals surface area contributed by atoms with E-state index in [1.807, 2.05) is 32.0 Å². The molecule has 0 radical (unpaired) electrons. The van der Waals surface area contributed by atoms with Gasteiger partial charge < -0.3 is 10.5 Å². The molecule has 0 heterocycles. The molecular formula is C13H19NO2S. The molecule has 1 aromatic carbocycles. The summed E-state index contributed by atoms with van der Waals surface area (Å²) in [6.07, 6.45) is 0.811. The molecule has 1 aliphatic rings. The average Bonchev–Trinajstić information content (AvgIpc) is 2.65. The Labute approximate surface area is 105 Å². The molecule has 1 aromatic rings. The van der Waals surface area contributed by atoms with Crippen molar-refractivity contribution in [2.75, 3.05) is 7.11 Å². The van der Waals surface area contributed by atoms with Crippen LogP contribution in [0, 0.1) is 0 Å². The summed E-state index contributed by atoms with van der Waals surface area (Å²) in [5.41, 5.74) is 8.50. The van der Waals surface area contributed by atoms with E-state index in [-0.39, 0.29) is 16.5 Å². The fourth-order valence-electron chi connectivity index (χ4n) is 2.32. The van der Waals surface area contributed by atoms with Crippen molar-refractivity contribution in [3.8, 4) is 5.75 Å². The second-order valence-electron chi connectivity index (χ2n) is 4.71. The van der Waals surface area contributed by atoms with E-state index >= 15 is 0 Å². The van der Waals surface area contributed by atoms with Crippen molar-refractivity contribution < 1.29 is 8.95 Å². The van der Waals surface area contributed by atoms with Crippen LogP contribution in [0.25, 0.3) is 0 Å². The van der Waals surface area contributed by atoms with E-state index in [2.05, 4.69) is 0 Å². The summed E-state index contributed by atoms with van der Waals surface area (Å²) in [5, 5.41) is 0.194. The SMILES string of the molecule is COc1ccc2c(c1)C(N)C(S(=O)C(C)C)C2. The number of hydrogen-bond acceptors (Lipinski definition) is 3. The topological polar surface area (TPSA) is 52.3 Å². The van der Waals surface area contributed by atoms with E-state index in [0.29, 0.717) is 0 Å². The molecule has 3 nitrogen and oxygen atoms in total. The Morgan fingerprint density at radius 3 is 2.76 bits per heavy atom.